The summed E-state index contributed by atoms with van der Waals surface area (Å²) in [6, 6.07) is 13.3. The minimum Gasteiger partial charge on any atom is -0.445 e. The molecule has 1 N–H and O–H groups in total. The Hall–Kier alpha value is -2.33. The summed E-state index contributed by atoms with van der Waals surface area (Å²) in [6.45, 7) is 8.19. The van der Waals surface area contributed by atoms with Gasteiger partial charge in [-0.1, -0.05) is 48.5 Å². The largest absolute Gasteiger partial charge is 0.445 e. The summed E-state index contributed by atoms with van der Waals surface area (Å²) in [5.41, 5.74) is 2.96. The van der Waals surface area contributed by atoms with E-state index < -0.39 is 11.6 Å². The van der Waals surface area contributed by atoms with Crippen molar-refractivity contribution in [2.75, 3.05) is 0 Å². The van der Waals surface area contributed by atoms with Crippen LogP contribution < -0.4 is 5.32 Å². The van der Waals surface area contributed by atoms with Gasteiger partial charge < -0.3 is 10.1 Å². The van der Waals surface area contributed by atoms with Crippen LogP contribution in [0.3, 0.4) is 0 Å². The van der Waals surface area contributed by atoms with Crippen molar-refractivity contribution < 1.29 is 9.53 Å². The second-order valence-corrected chi connectivity index (χ2v) is 7.56. The molecule has 4 nitrogen and oxygen atoms in total. The molecular formula is C21H23ClN2O2. The van der Waals surface area contributed by atoms with Crippen molar-refractivity contribution in [1.82, 2.24) is 10.3 Å². The Labute approximate surface area is 159 Å². The van der Waals surface area contributed by atoms with Crippen molar-refractivity contribution >= 4 is 23.3 Å². The Balaban J connectivity index is 1.68. The zero-order chi connectivity index (χ0) is 18.7. The van der Waals surface area contributed by atoms with Crippen LogP contribution in [0.4, 0.5) is 4.79 Å². The molecule has 1 aliphatic carbocycles. The highest BCUT2D eigenvalue weighted by atomic mass is 35.5. The number of hydrogen-bond acceptors (Lipinski definition) is 3. The Kier molecular flexibility index (Phi) is 5.33. The first kappa shape index (κ1) is 18.5. The maximum absolute atomic E-state index is 12.2. The molecule has 0 atom stereocenters. The number of benzene rings is 1. The van der Waals surface area contributed by atoms with Gasteiger partial charge in [0.05, 0.1) is 11.2 Å². The van der Waals surface area contributed by atoms with Crippen molar-refractivity contribution in [1.29, 1.82) is 0 Å². The van der Waals surface area contributed by atoms with Crippen LogP contribution in [0.2, 0.25) is 5.15 Å². The molecule has 1 aromatic carbocycles. The zero-order valence-corrected chi connectivity index (χ0v) is 15.8. The van der Waals surface area contributed by atoms with Crippen molar-refractivity contribution in [2.45, 2.75) is 38.8 Å². The predicted molar refractivity (Wildman–Crippen MR) is 104 cm³/mol. The quantitative estimate of drug-likeness (QED) is 0.700. The van der Waals surface area contributed by atoms with E-state index in [9.17, 15) is 4.79 Å². The topological polar surface area (TPSA) is 51.2 Å². The number of carbonyl (C=O) groups excluding carboxylic acids is 1. The minimum absolute atomic E-state index is 0.226. The van der Waals surface area contributed by atoms with Gasteiger partial charge in [0.25, 0.3) is 0 Å². The first-order valence-corrected chi connectivity index (χ1v) is 9.09. The zero-order valence-electron chi connectivity index (χ0n) is 15.1. The smallest absolute Gasteiger partial charge is 0.408 e. The normalized spacial score (nSPS) is 14.0. The predicted octanol–water partition coefficient (Wildman–Crippen LogP) is 5.32. The maximum Gasteiger partial charge on any atom is 0.408 e. The first-order valence-electron chi connectivity index (χ1n) is 8.71. The van der Waals surface area contributed by atoms with E-state index in [0.717, 1.165) is 35.2 Å². The summed E-state index contributed by atoms with van der Waals surface area (Å²) in [6.07, 6.45) is 1.82. The lowest BCUT2D eigenvalue weighted by atomic mass is 9.93. The summed E-state index contributed by atoms with van der Waals surface area (Å²) < 4.78 is 5.33. The number of alkyl carbamates (subject to hydrolysis) is 1. The number of nitrogens with one attached hydrogen (secondary N) is 1. The van der Waals surface area contributed by atoms with E-state index in [1.807, 2.05) is 50.2 Å². The molecule has 0 spiro atoms. The molecule has 0 aliphatic heterocycles. The molecule has 1 amide bonds. The molecule has 136 valence electrons. The summed E-state index contributed by atoms with van der Waals surface area (Å²) in [5.74, 6) is 0.501. The third kappa shape index (κ3) is 4.64. The van der Waals surface area contributed by atoms with Crippen molar-refractivity contribution in [3.05, 3.63) is 71.0 Å². The molecule has 2 aromatic rings. The van der Waals surface area contributed by atoms with Crippen LogP contribution in [-0.4, -0.2) is 11.1 Å². The van der Waals surface area contributed by atoms with E-state index in [4.69, 9.17) is 16.3 Å². The number of pyridine rings is 1. The van der Waals surface area contributed by atoms with Crippen LogP contribution in [-0.2, 0) is 16.9 Å². The van der Waals surface area contributed by atoms with Gasteiger partial charge in [-0.25, -0.2) is 9.78 Å². The van der Waals surface area contributed by atoms with Gasteiger partial charge in [0.2, 0.25) is 0 Å². The molecule has 0 saturated heterocycles. The number of aromatic nitrogens is 1. The van der Waals surface area contributed by atoms with Crippen LogP contribution in [0, 0.1) is 5.92 Å². The Bertz CT molecular complexity index is 814. The van der Waals surface area contributed by atoms with E-state index in [1.165, 1.54) is 0 Å². The van der Waals surface area contributed by atoms with Gasteiger partial charge in [0.1, 0.15) is 11.8 Å². The van der Waals surface area contributed by atoms with Crippen LogP contribution >= 0.6 is 11.6 Å². The van der Waals surface area contributed by atoms with Crippen LogP contribution in [0.1, 0.15) is 43.5 Å². The molecule has 1 aromatic heterocycles. The van der Waals surface area contributed by atoms with Crippen molar-refractivity contribution in [3.8, 4) is 0 Å². The fraction of sp³-hybridized carbons (Fsp3) is 0.333. The highest BCUT2D eigenvalue weighted by molar-refractivity contribution is 6.29. The van der Waals surface area contributed by atoms with Gasteiger partial charge in [-0.3, -0.25) is 0 Å². The third-order valence-corrected chi connectivity index (χ3v) is 4.74. The number of ether oxygens (including phenoxy) is 1. The number of nitrogens with zero attached hydrogens (tertiary/aromatic N) is 1. The molecule has 1 heterocycles. The van der Waals surface area contributed by atoms with E-state index >= 15 is 0 Å². The number of carbonyl (C=O) groups is 1. The number of hydrogen-bond donors (Lipinski definition) is 1. The molecule has 1 saturated carbocycles. The van der Waals surface area contributed by atoms with Gasteiger partial charge in [-0.15, -0.1) is 0 Å². The van der Waals surface area contributed by atoms with Gasteiger partial charge in [-0.2, -0.15) is 0 Å². The monoisotopic (exact) mass is 370 g/mol. The highest BCUT2D eigenvalue weighted by Gasteiger charge is 2.29. The van der Waals surface area contributed by atoms with E-state index in [1.54, 1.807) is 6.07 Å². The lowest BCUT2D eigenvalue weighted by Gasteiger charge is -2.27. The molecule has 5 heteroatoms. The Morgan fingerprint density at radius 2 is 2.00 bits per heavy atom. The molecule has 1 aliphatic rings. The maximum atomic E-state index is 12.2. The van der Waals surface area contributed by atoms with Gasteiger partial charge in [-0.05, 0) is 61.4 Å². The van der Waals surface area contributed by atoms with E-state index in [0.29, 0.717) is 11.1 Å². The fourth-order valence-corrected chi connectivity index (χ4v) is 2.96. The number of halogens is 1. The Morgan fingerprint density at radius 1 is 1.31 bits per heavy atom. The molecule has 0 bridgehead atoms. The standard InChI is InChI=1S/C21H23ClN2O2/c1-14(16-9-10-16)18-11-17(12-19(22)23-18)21(2,3)24-20(25)26-13-15-7-5-4-6-8-15/h4-8,11-12,16H,1,9-10,13H2,2-3H3,(H,24,25). The van der Waals surface area contributed by atoms with Gasteiger partial charge >= 0.3 is 6.09 Å². The van der Waals surface area contributed by atoms with E-state index in [-0.39, 0.29) is 6.61 Å². The van der Waals surface area contributed by atoms with Crippen LogP contribution in [0.5, 0.6) is 0 Å². The SMILES string of the molecule is C=C(c1cc(C(C)(C)NC(=O)OCc2ccccc2)cc(Cl)n1)C1CC1. The number of allylic oxidation sites excluding steroid dienone is 1. The van der Waals surface area contributed by atoms with Gasteiger partial charge in [0.15, 0.2) is 0 Å². The molecule has 0 radical (unpaired) electrons. The highest BCUT2D eigenvalue weighted by Crippen LogP contribution is 2.41. The second-order valence-electron chi connectivity index (χ2n) is 7.18. The lowest BCUT2D eigenvalue weighted by molar-refractivity contribution is 0.129. The summed E-state index contributed by atoms with van der Waals surface area (Å²) in [5, 5.41) is 3.30. The molecule has 0 unspecified atom stereocenters. The number of rotatable bonds is 6. The molecule has 1 fully saturated rings. The van der Waals surface area contributed by atoms with Gasteiger partial charge in [0, 0.05) is 0 Å². The van der Waals surface area contributed by atoms with Crippen molar-refractivity contribution in [3.63, 3.8) is 0 Å². The lowest BCUT2D eigenvalue weighted by Crippen LogP contribution is -2.41. The van der Waals surface area contributed by atoms with Crippen molar-refractivity contribution in [2.24, 2.45) is 5.92 Å². The average Bonchev–Trinajstić information content (AvgIpc) is 3.44. The first-order chi connectivity index (χ1) is 12.3. The molecule has 3 rings (SSSR count). The Morgan fingerprint density at radius 3 is 2.65 bits per heavy atom. The summed E-state index contributed by atoms with van der Waals surface area (Å²) in [4.78, 5) is 16.6. The third-order valence-electron chi connectivity index (χ3n) is 4.54. The second kappa shape index (κ2) is 7.50. The number of amides is 1. The average molecular weight is 371 g/mol. The van der Waals surface area contributed by atoms with Crippen LogP contribution in [0.25, 0.3) is 5.57 Å². The van der Waals surface area contributed by atoms with E-state index in [2.05, 4.69) is 16.9 Å². The minimum atomic E-state index is -0.654. The fourth-order valence-electron chi connectivity index (χ4n) is 2.75. The summed E-state index contributed by atoms with van der Waals surface area (Å²) in [7, 11) is 0. The summed E-state index contributed by atoms with van der Waals surface area (Å²) >= 11 is 6.21. The molecular weight excluding hydrogens is 348 g/mol. The molecule has 26 heavy (non-hydrogen) atoms. The van der Waals surface area contributed by atoms with Crippen LogP contribution in [0.15, 0.2) is 49.0 Å².